The first-order chi connectivity index (χ1) is 8.12. The number of hydrogen-bond acceptors (Lipinski definition) is 4. The van der Waals surface area contributed by atoms with Gasteiger partial charge in [-0.2, -0.15) is 0 Å². The molecule has 0 radical (unpaired) electrons. The standard InChI is InChI=1S/C13H24N4/c1-10(2)17-12(14)15-9-13(17)5-7-16-6-3-4-11(16)8-13/h10-11H,3-9H2,1-2H3,(H2,14,15). The smallest absolute Gasteiger partial charge is 0.192 e. The van der Waals surface area contributed by atoms with E-state index < -0.39 is 0 Å². The van der Waals surface area contributed by atoms with Crippen molar-refractivity contribution in [1.82, 2.24) is 9.80 Å². The Balaban J connectivity index is 1.82. The largest absolute Gasteiger partial charge is 0.370 e. The topological polar surface area (TPSA) is 44.9 Å². The van der Waals surface area contributed by atoms with Crippen LogP contribution in [0.4, 0.5) is 0 Å². The van der Waals surface area contributed by atoms with Gasteiger partial charge in [0.2, 0.25) is 0 Å². The van der Waals surface area contributed by atoms with Gasteiger partial charge in [-0.1, -0.05) is 0 Å². The predicted octanol–water partition coefficient (Wildman–Crippen LogP) is 1.02. The zero-order valence-corrected chi connectivity index (χ0v) is 11.0. The summed E-state index contributed by atoms with van der Waals surface area (Å²) in [6.07, 6.45) is 5.23. The molecule has 0 aromatic rings. The summed E-state index contributed by atoms with van der Waals surface area (Å²) >= 11 is 0. The van der Waals surface area contributed by atoms with Crippen LogP contribution in [0.5, 0.6) is 0 Å². The fraction of sp³-hybridized carbons (Fsp3) is 0.923. The average Bonchev–Trinajstić information content (AvgIpc) is 2.84. The van der Waals surface area contributed by atoms with E-state index >= 15 is 0 Å². The summed E-state index contributed by atoms with van der Waals surface area (Å²) in [4.78, 5) is 9.59. The van der Waals surface area contributed by atoms with Crippen molar-refractivity contribution >= 4 is 5.96 Å². The normalized spacial score (nSPS) is 37.9. The third-order valence-electron chi connectivity index (χ3n) is 4.79. The highest BCUT2D eigenvalue weighted by Gasteiger charge is 2.49. The van der Waals surface area contributed by atoms with E-state index in [9.17, 15) is 0 Å². The molecule has 96 valence electrons. The number of hydrogen-bond donors (Lipinski definition) is 1. The van der Waals surface area contributed by atoms with Crippen molar-refractivity contribution in [3.63, 3.8) is 0 Å². The summed E-state index contributed by atoms with van der Waals surface area (Å²) in [5, 5.41) is 0. The first kappa shape index (κ1) is 11.3. The third-order valence-corrected chi connectivity index (χ3v) is 4.79. The summed E-state index contributed by atoms with van der Waals surface area (Å²) in [6, 6.07) is 1.25. The molecular formula is C13H24N4. The second-order valence-electron chi connectivity index (χ2n) is 6.15. The van der Waals surface area contributed by atoms with Crippen LogP contribution in [-0.2, 0) is 0 Å². The molecule has 3 rings (SSSR count). The van der Waals surface area contributed by atoms with E-state index in [-0.39, 0.29) is 5.54 Å². The number of piperidine rings is 1. The van der Waals surface area contributed by atoms with Crippen molar-refractivity contribution in [2.24, 2.45) is 10.7 Å². The Morgan fingerprint density at radius 1 is 1.41 bits per heavy atom. The molecule has 17 heavy (non-hydrogen) atoms. The lowest BCUT2D eigenvalue weighted by Crippen LogP contribution is -2.60. The fourth-order valence-electron chi connectivity index (χ4n) is 4.11. The summed E-state index contributed by atoms with van der Waals surface area (Å²) in [7, 11) is 0. The van der Waals surface area contributed by atoms with Gasteiger partial charge in [-0.05, 0) is 46.1 Å². The number of nitrogens with zero attached hydrogens (tertiary/aromatic N) is 3. The Bertz CT molecular complexity index is 338. The van der Waals surface area contributed by atoms with E-state index in [2.05, 4.69) is 28.6 Å². The third kappa shape index (κ3) is 1.65. The second kappa shape index (κ2) is 3.87. The number of fused-ring (bicyclic) bond motifs is 1. The van der Waals surface area contributed by atoms with E-state index in [1.807, 2.05) is 0 Å². The van der Waals surface area contributed by atoms with Gasteiger partial charge >= 0.3 is 0 Å². The predicted molar refractivity (Wildman–Crippen MR) is 70.0 cm³/mol. The van der Waals surface area contributed by atoms with Crippen LogP contribution in [-0.4, -0.2) is 53.0 Å². The van der Waals surface area contributed by atoms with Crippen LogP contribution >= 0.6 is 0 Å². The first-order valence-corrected chi connectivity index (χ1v) is 6.96. The van der Waals surface area contributed by atoms with Crippen LogP contribution in [0, 0.1) is 0 Å². The number of aliphatic imine (C=N–C) groups is 1. The molecule has 2 saturated heterocycles. The van der Waals surface area contributed by atoms with E-state index in [4.69, 9.17) is 5.73 Å². The summed E-state index contributed by atoms with van der Waals surface area (Å²) in [5.74, 6) is 0.770. The zero-order valence-electron chi connectivity index (χ0n) is 11.0. The van der Waals surface area contributed by atoms with Gasteiger partial charge in [-0.3, -0.25) is 4.99 Å². The van der Waals surface area contributed by atoms with Gasteiger partial charge in [0.15, 0.2) is 5.96 Å². The molecule has 4 nitrogen and oxygen atoms in total. The Hall–Kier alpha value is -0.770. The highest BCUT2D eigenvalue weighted by Crippen LogP contribution is 2.40. The second-order valence-corrected chi connectivity index (χ2v) is 6.15. The van der Waals surface area contributed by atoms with Gasteiger partial charge in [0, 0.05) is 18.6 Å². The Morgan fingerprint density at radius 2 is 2.24 bits per heavy atom. The Morgan fingerprint density at radius 3 is 3.00 bits per heavy atom. The SMILES string of the molecule is CC(C)N1C(N)=NCC12CCN1CCCC1C2. The molecule has 0 amide bonds. The number of nitrogens with two attached hydrogens (primary N) is 1. The molecule has 3 aliphatic rings. The molecule has 0 saturated carbocycles. The summed E-state index contributed by atoms with van der Waals surface area (Å²) in [6.45, 7) is 7.92. The lowest BCUT2D eigenvalue weighted by molar-refractivity contribution is 0.0490. The Labute approximate surface area is 104 Å². The van der Waals surface area contributed by atoms with Crippen LogP contribution in [0.2, 0.25) is 0 Å². The van der Waals surface area contributed by atoms with Crippen LogP contribution in [0.3, 0.4) is 0 Å². The molecule has 0 aromatic heterocycles. The molecule has 1 spiro atoms. The van der Waals surface area contributed by atoms with Crippen LogP contribution in [0.1, 0.15) is 39.5 Å². The molecule has 3 aliphatic heterocycles. The van der Waals surface area contributed by atoms with E-state index in [1.54, 1.807) is 0 Å². The van der Waals surface area contributed by atoms with E-state index in [0.717, 1.165) is 18.5 Å². The van der Waals surface area contributed by atoms with Gasteiger partial charge in [0.1, 0.15) is 0 Å². The maximum absolute atomic E-state index is 6.08. The average molecular weight is 236 g/mol. The molecule has 4 heteroatoms. The quantitative estimate of drug-likeness (QED) is 0.739. The number of rotatable bonds is 1. The maximum Gasteiger partial charge on any atom is 0.192 e. The molecule has 2 unspecified atom stereocenters. The number of guanidine groups is 1. The van der Waals surface area contributed by atoms with E-state index in [1.165, 1.54) is 38.8 Å². The molecule has 0 aromatic carbocycles. The van der Waals surface area contributed by atoms with Crippen molar-refractivity contribution in [3.8, 4) is 0 Å². The van der Waals surface area contributed by atoms with Gasteiger partial charge in [0.05, 0.1) is 12.1 Å². The lowest BCUT2D eigenvalue weighted by Gasteiger charge is -2.48. The van der Waals surface area contributed by atoms with Crippen molar-refractivity contribution in [2.75, 3.05) is 19.6 Å². The highest BCUT2D eigenvalue weighted by atomic mass is 15.4. The van der Waals surface area contributed by atoms with Crippen molar-refractivity contribution in [1.29, 1.82) is 0 Å². The zero-order chi connectivity index (χ0) is 12.0. The van der Waals surface area contributed by atoms with Crippen molar-refractivity contribution in [2.45, 2.75) is 57.2 Å². The van der Waals surface area contributed by atoms with Crippen molar-refractivity contribution < 1.29 is 0 Å². The molecule has 2 N–H and O–H groups in total. The van der Waals surface area contributed by atoms with Crippen LogP contribution < -0.4 is 5.73 Å². The van der Waals surface area contributed by atoms with E-state index in [0.29, 0.717) is 6.04 Å². The summed E-state index contributed by atoms with van der Waals surface area (Å²) in [5.41, 5.74) is 6.32. The van der Waals surface area contributed by atoms with Gasteiger partial charge in [0.25, 0.3) is 0 Å². The molecule has 3 heterocycles. The van der Waals surface area contributed by atoms with Crippen molar-refractivity contribution in [3.05, 3.63) is 0 Å². The fourth-order valence-corrected chi connectivity index (χ4v) is 4.11. The van der Waals surface area contributed by atoms with Gasteiger partial charge < -0.3 is 15.5 Å². The minimum atomic E-state index is 0.240. The Kier molecular flexibility index (Phi) is 2.58. The lowest BCUT2D eigenvalue weighted by atomic mass is 9.82. The van der Waals surface area contributed by atoms with Gasteiger partial charge in [-0.25, -0.2) is 0 Å². The van der Waals surface area contributed by atoms with Crippen LogP contribution in [0.25, 0.3) is 0 Å². The monoisotopic (exact) mass is 236 g/mol. The maximum atomic E-state index is 6.08. The minimum absolute atomic E-state index is 0.240. The molecule has 2 atom stereocenters. The molecule has 0 bridgehead atoms. The van der Waals surface area contributed by atoms with Crippen LogP contribution in [0.15, 0.2) is 4.99 Å². The minimum Gasteiger partial charge on any atom is -0.370 e. The molecule has 0 aliphatic carbocycles. The first-order valence-electron chi connectivity index (χ1n) is 6.96. The molecule has 2 fully saturated rings. The van der Waals surface area contributed by atoms with Gasteiger partial charge in [-0.15, -0.1) is 0 Å². The summed E-state index contributed by atoms with van der Waals surface area (Å²) < 4.78 is 0. The highest BCUT2D eigenvalue weighted by molar-refractivity contribution is 5.81. The molecular weight excluding hydrogens is 212 g/mol.